The molecular weight excluding hydrogens is 246 g/mol. The van der Waals surface area contributed by atoms with Crippen molar-refractivity contribution in [2.24, 2.45) is 0 Å². The number of methoxy groups -OCH3 is 1. The first-order valence-electron chi connectivity index (χ1n) is 6.44. The minimum Gasteiger partial charge on any atom is -0.443 e. The van der Waals surface area contributed by atoms with Gasteiger partial charge in [0.25, 0.3) is 8.05 Å². The number of hydrogen-bond acceptors (Lipinski definition) is 5. The molecule has 19 heavy (non-hydrogen) atoms. The van der Waals surface area contributed by atoms with Gasteiger partial charge in [0.15, 0.2) is 0 Å². The van der Waals surface area contributed by atoms with Gasteiger partial charge in [0, 0.05) is 13.1 Å². The highest BCUT2D eigenvalue weighted by molar-refractivity contribution is 6.10. The van der Waals surface area contributed by atoms with Crippen molar-refractivity contribution in [1.29, 1.82) is 0 Å². The van der Waals surface area contributed by atoms with E-state index in [4.69, 9.17) is 34.8 Å². The van der Waals surface area contributed by atoms with Crippen LogP contribution in [-0.4, -0.2) is 73.7 Å². The van der Waals surface area contributed by atoms with Gasteiger partial charge in [-0.15, -0.1) is 0 Å². The van der Waals surface area contributed by atoms with Crippen molar-refractivity contribution in [3.05, 3.63) is 0 Å². The Morgan fingerprint density at radius 2 is 1.58 bits per heavy atom. The SMILES string of the molecule is [B]OC(C)COCC(COC([B])C)OCC(C)OC. The molecule has 0 aromatic carbocycles. The molecule has 0 saturated heterocycles. The molecular formula is C12H24B2O5. The maximum atomic E-state index is 5.66. The van der Waals surface area contributed by atoms with Gasteiger partial charge in [-0.3, -0.25) is 0 Å². The van der Waals surface area contributed by atoms with Crippen molar-refractivity contribution >= 4 is 15.9 Å². The molecule has 0 amide bonds. The van der Waals surface area contributed by atoms with E-state index < -0.39 is 0 Å². The minimum absolute atomic E-state index is 0.0177. The van der Waals surface area contributed by atoms with Gasteiger partial charge in [-0.25, -0.2) is 0 Å². The highest BCUT2D eigenvalue weighted by Crippen LogP contribution is 2.01. The van der Waals surface area contributed by atoms with E-state index in [9.17, 15) is 0 Å². The zero-order chi connectivity index (χ0) is 14.7. The Labute approximate surface area is 119 Å². The lowest BCUT2D eigenvalue weighted by molar-refractivity contribution is -0.0918. The Morgan fingerprint density at radius 3 is 2.11 bits per heavy atom. The molecule has 108 valence electrons. The van der Waals surface area contributed by atoms with Crippen molar-refractivity contribution in [2.75, 3.05) is 33.5 Å². The molecule has 4 unspecified atom stereocenters. The molecule has 0 aliphatic rings. The van der Waals surface area contributed by atoms with E-state index in [0.717, 1.165) is 0 Å². The average molecular weight is 270 g/mol. The van der Waals surface area contributed by atoms with Crippen molar-refractivity contribution in [3.8, 4) is 0 Å². The first-order chi connectivity index (χ1) is 8.99. The minimum atomic E-state index is -0.336. The zero-order valence-electron chi connectivity index (χ0n) is 12.3. The Hall–Kier alpha value is -0.0701. The van der Waals surface area contributed by atoms with Gasteiger partial charge in [-0.1, -0.05) is 0 Å². The van der Waals surface area contributed by atoms with Gasteiger partial charge in [0.1, 0.15) is 14.0 Å². The molecule has 0 N–H and O–H groups in total. The summed E-state index contributed by atoms with van der Waals surface area (Å²) in [5, 5.41) is 0. The van der Waals surface area contributed by atoms with Crippen molar-refractivity contribution in [2.45, 2.75) is 45.1 Å². The van der Waals surface area contributed by atoms with E-state index in [1.54, 1.807) is 14.0 Å². The van der Waals surface area contributed by atoms with Crippen LogP contribution in [0.5, 0.6) is 0 Å². The molecule has 0 saturated carbocycles. The fraction of sp³-hybridized carbons (Fsp3) is 1.00. The molecule has 4 radical (unpaired) electrons. The average Bonchev–Trinajstić information content (AvgIpc) is 2.40. The van der Waals surface area contributed by atoms with Crippen LogP contribution in [0.25, 0.3) is 0 Å². The third-order valence-electron chi connectivity index (χ3n) is 2.40. The van der Waals surface area contributed by atoms with Crippen LogP contribution in [0.2, 0.25) is 0 Å². The second-order valence-corrected chi connectivity index (χ2v) is 4.52. The van der Waals surface area contributed by atoms with E-state index in [1.807, 2.05) is 13.8 Å². The molecule has 0 aliphatic heterocycles. The summed E-state index contributed by atoms with van der Waals surface area (Å²) in [6, 6.07) is -0.336. The number of rotatable bonds is 12. The van der Waals surface area contributed by atoms with Crippen LogP contribution in [0, 0.1) is 0 Å². The Bertz CT molecular complexity index is 207. The van der Waals surface area contributed by atoms with Crippen LogP contribution < -0.4 is 0 Å². The molecule has 0 aromatic rings. The smallest absolute Gasteiger partial charge is 0.283 e. The lowest BCUT2D eigenvalue weighted by atomic mass is 10.0. The summed E-state index contributed by atoms with van der Waals surface area (Å²) in [5.74, 6) is 0. The van der Waals surface area contributed by atoms with Crippen molar-refractivity contribution in [1.82, 2.24) is 0 Å². The Morgan fingerprint density at radius 1 is 0.895 bits per heavy atom. The molecule has 0 rings (SSSR count). The molecule has 7 heteroatoms. The third-order valence-corrected chi connectivity index (χ3v) is 2.40. The van der Waals surface area contributed by atoms with E-state index >= 15 is 0 Å². The number of hydrogen-bond donors (Lipinski definition) is 0. The molecule has 0 bridgehead atoms. The standard InChI is InChI=1S/C12H24B2O5/c1-9(15-4)6-18-12(8-17-11(3)13)7-16-5-10(2)19-14/h9-12H,5-8H2,1-4H3. The maximum Gasteiger partial charge on any atom is 0.283 e. The van der Waals surface area contributed by atoms with Gasteiger partial charge in [-0.05, 0) is 20.8 Å². The summed E-state index contributed by atoms with van der Waals surface area (Å²) in [7, 11) is 12.2. The van der Waals surface area contributed by atoms with E-state index in [-0.39, 0.29) is 24.3 Å². The molecule has 0 spiro atoms. The summed E-state index contributed by atoms with van der Waals surface area (Å²) in [4.78, 5) is 0. The van der Waals surface area contributed by atoms with E-state index in [2.05, 4.69) is 4.65 Å². The van der Waals surface area contributed by atoms with Crippen molar-refractivity contribution < 1.29 is 23.6 Å². The summed E-state index contributed by atoms with van der Waals surface area (Å²) >= 11 is 0. The van der Waals surface area contributed by atoms with Crippen LogP contribution >= 0.6 is 0 Å². The van der Waals surface area contributed by atoms with Crippen LogP contribution in [0.15, 0.2) is 0 Å². The normalized spacial score (nSPS) is 17.9. The third kappa shape index (κ3) is 11.5. The second kappa shape index (κ2) is 11.7. The predicted octanol–water partition coefficient (Wildman–Crippen LogP) is 0.443. The van der Waals surface area contributed by atoms with E-state index in [0.29, 0.717) is 26.4 Å². The van der Waals surface area contributed by atoms with Gasteiger partial charge in [0.2, 0.25) is 0 Å². The first kappa shape index (κ1) is 18.9. The Kier molecular flexibility index (Phi) is 11.7. The predicted molar refractivity (Wildman–Crippen MR) is 74.5 cm³/mol. The summed E-state index contributed by atoms with van der Waals surface area (Å²) in [6.45, 7) is 7.13. The maximum absolute atomic E-state index is 5.66. The fourth-order valence-electron chi connectivity index (χ4n) is 1.15. The molecule has 0 aromatic heterocycles. The summed E-state index contributed by atoms with van der Waals surface area (Å²) < 4.78 is 26.2. The summed E-state index contributed by atoms with van der Waals surface area (Å²) in [6.07, 6.45) is -0.342. The lowest BCUT2D eigenvalue weighted by Crippen LogP contribution is -2.32. The molecule has 0 aliphatic carbocycles. The van der Waals surface area contributed by atoms with Gasteiger partial charge < -0.3 is 23.6 Å². The van der Waals surface area contributed by atoms with E-state index in [1.165, 1.54) is 0 Å². The molecule has 0 heterocycles. The first-order valence-corrected chi connectivity index (χ1v) is 6.44. The van der Waals surface area contributed by atoms with Crippen molar-refractivity contribution in [3.63, 3.8) is 0 Å². The quantitative estimate of drug-likeness (QED) is 0.481. The molecule has 4 atom stereocenters. The van der Waals surface area contributed by atoms with Crippen LogP contribution in [0.1, 0.15) is 20.8 Å². The molecule has 0 fully saturated rings. The lowest BCUT2D eigenvalue weighted by Gasteiger charge is -2.22. The number of ether oxygens (including phenoxy) is 4. The zero-order valence-corrected chi connectivity index (χ0v) is 12.3. The van der Waals surface area contributed by atoms with Crippen LogP contribution in [0.4, 0.5) is 0 Å². The Balaban J connectivity index is 3.95. The topological polar surface area (TPSA) is 46.2 Å². The fourth-order valence-corrected chi connectivity index (χ4v) is 1.15. The highest BCUT2D eigenvalue weighted by atomic mass is 16.6. The highest BCUT2D eigenvalue weighted by Gasteiger charge is 2.13. The van der Waals surface area contributed by atoms with Crippen LogP contribution in [0.3, 0.4) is 0 Å². The monoisotopic (exact) mass is 270 g/mol. The van der Waals surface area contributed by atoms with Gasteiger partial charge >= 0.3 is 0 Å². The van der Waals surface area contributed by atoms with Gasteiger partial charge in [0.05, 0.1) is 38.6 Å². The van der Waals surface area contributed by atoms with Gasteiger partial charge in [-0.2, -0.15) is 0 Å². The largest absolute Gasteiger partial charge is 0.443 e. The second-order valence-electron chi connectivity index (χ2n) is 4.52. The molecule has 5 nitrogen and oxygen atoms in total. The summed E-state index contributed by atoms with van der Waals surface area (Å²) in [5.41, 5.74) is 0. The van der Waals surface area contributed by atoms with Crippen LogP contribution in [-0.2, 0) is 23.6 Å².